The molecule has 1 aliphatic rings. The second-order valence-corrected chi connectivity index (χ2v) is 7.43. The number of nitrogens with one attached hydrogen (secondary N) is 1. The van der Waals surface area contributed by atoms with E-state index in [1.165, 1.54) is 23.1 Å². The number of thiocarbonyl (C=S) groups is 1. The van der Waals surface area contributed by atoms with Crippen molar-refractivity contribution >= 4 is 46.9 Å². The third kappa shape index (κ3) is 4.39. The molecular weight excluding hydrogens is 442 g/mol. The summed E-state index contributed by atoms with van der Waals surface area (Å²) in [4.78, 5) is 38.5. The van der Waals surface area contributed by atoms with Gasteiger partial charge in [-0.25, -0.2) is 4.79 Å². The average Bonchev–Trinajstić information content (AvgIpc) is 3.25. The molecule has 9 heteroatoms. The van der Waals surface area contributed by atoms with Crippen LogP contribution in [0.5, 0.6) is 5.75 Å². The second kappa shape index (κ2) is 9.09. The minimum Gasteiger partial charge on any atom is -0.494 e. The van der Waals surface area contributed by atoms with Crippen molar-refractivity contribution in [3.63, 3.8) is 0 Å². The number of carbonyl (C=O) groups is 3. The van der Waals surface area contributed by atoms with Crippen molar-refractivity contribution in [3.8, 4) is 11.4 Å². The Morgan fingerprint density at radius 3 is 2.61 bits per heavy atom. The molecule has 2 heterocycles. The van der Waals surface area contributed by atoms with Gasteiger partial charge in [0, 0.05) is 23.6 Å². The molecule has 0 spiro atoms. The summed E-state index contributed by atoms with van der Waals surface area (Å²) in [5, 5.41) is 11.8. The first-order valence-corrected chi connectivity index (χ1v) is 10.4. The van der Waals surface area contributed by atoms with Crippen molar-refractivity contribution in [2.24, 2.45) is 0 Å². The highest BCUT2D eigenvalue weighted by atomic mass is 32.1. The van der Waals surface area contributed by atoms with Crippen molar-refractivity contribution < 1.29 is 24.2 Å². The van der Waals surface area contributed by atoms with E-state index in [4.69, 9.17) is 17.0 Å². The van der Waals surface area contributed by atoms with Crippen molar-refractivity contribution in [1.82, 2.24) is 9.88 Å². The first kappa shape index (κ1) is 22.0. The molecule has 0 aliphatic carbocycles. The molecule has 0 bridgehead atoms. The van der Waals surface area contributed by atoms with E-state index in [1.54, 1.807) is 59.3 Å². The van der Waals surface area contributed by atoms with Gasteiger partial charge in [0.1, 0.15) is 11.3 Å². The number of carbonyl (C=O) groups excluding carboxylic acids is 2. The van der Waals surface area contributed by atoms with Crippen LogP contribution in [-0.4, -0.2) is 39.2 Å². The van der Waals surface area contributed by atoms with Crippen LogP contribution in [0.3, 0.4) is 0 Å². The van der Waals surface area contributed by atoms with E-state index in [0.29, 0.717) is 29.4 Å². The number of anilines is 1. The van der Waals surface area contributed by atoms with Crippen LogP contribution in [0.15, 0.2) is 72.4 Å². The normalized spacial score (nSPS) is 15.0. The summed E-state index contributed by atoms with van der Waals surface area (Å²) in [5.74, 6) is -1.68. The molecule has 1 aliphatic heterocycles. The van der Waals surface area contributed by atoms with Crippen LogP contribution < -0.4 is 15.0 Å². The lowest BCUT2D eigenvalue weighted by Gasteiger charge is -2.29. The zero-order chi connectivity index (χ0) is 23.5. The van der Waals surface area contributed by atoms with Crippen molar-refractivity contribution in [2.75, 3.05) is 11.5 Å². The summed E-state index contributed by atoms with van der Waals surface area (Å²) in [5.41, 5.74) is 1.57. The predicted octanol–water partition coefficient (Wildman–Crippen LogP) is 3.41. The Kier molecular flexibility index (Phi) is 6.05. The summed E-state index contributed by atoms with van der Waals surface area (Å²) < 4.78 is 7.19. The number of carboxylic acids is 1. The lowest BCUT2D eigenvalue weighted by atomic mass is 10.1. The molecule has 4 rings (SSSR count). The number of aromatic carboxylic acids is 1. The molecule has 2 aromatic carbocycles. The van der Waals surface area contributed by atoms with Gasteiger partial charge >= 0.3 is 5.97 Å². The zero-order valence-corrected chi connectivity index (χ0v) is 18.3. The van der Waals surface area contributed by atoms with E-state index >= 15 is 0 Å². The minimum atomic E-state index is -1.05. The number of aromatic nitrogens is 1. The van der Waals surface area contributed by atoms with Crippen molar-refractivity contribution in [1.29, 1.82) is 0 Å². The van der Waals surface area contributed by atoms with Crippen LogP contribution in [0.2, 0.25) is 0 Å². The van der Waals surface area contributed by atoms with Crippen molar-refractivity contribution in [3.05, 3.63) is 83.7 Å². The van der Waals surface area contributed by atoms with E-state index in [0.717, 1.165) is 0 Å². The van der Waals surface area contributed by atoms with Crippen LogP contribution in [-0.2, 0) is 9.59 Å². The maximum atomic E-state index is 13.3. The zero-order valence-electron chi connectivity index (χ0n) is 17.5. The standard InChI is InChI=1S/C24H19N3O5S/c1-2-32-19-10-4-8-18(13-19)27-22(29)20(21(28)25-24(27)33)14-17-9-5-11-26(17)16-7-3-6-15(12-16)23(30)31/h3-14H,2H2,1H3,(H,30,31)(H,25,28,33). The number of rotatable bonds is 6. The molecule has 2 N–H and O–H groups in total. The maximum Gasteiger partial charge on any atom is 0.335 e. The summed E-state index contributed by atoms with van der Waals surface area (Å²) in [6.45, 7) is 2.31. The number of hydrogen-bond acceptors (Lipinski definition) is 5. The van der Waals surface area contributed by atoms with Gasteiger partial charge in [-0.15, -0.1) is 0 Å². The van der Waals surface area contributed by atoms with Gasteiger partial charge in [-0.1, -0.05) is 12.1 Å². The molecule has 0 unspecified atom stereocenters. The van der Waals surface area contributed by atoms with Gasteiger partial charge in [0.15, 0.2) is 5.11 Å². The molecule has 0 atom stereocenters. The molecule has 1 aromatic heterocycles. The Bertz CT molecular complexity index is 1310. The smallest absolute Gasteiger partial charge is 0.335 e. The number of carboxylic acid groups (broad SMARTS) is 1. The van der Waals surface area contributed by atoms with Crippen LogP contribution in [0.4, 0.5) is 5.69 Å². The molecule has 1 fully saturated rings. The number of benzene rings is 2. The number of hydrogen-bond donors (Lipinski definition) is 2. The highest BCUT2D eigenvalue weighted by Crippen LogP contribution is 2.26. The van der Waals surface area contributed by atoms with Gasteiger partial charge in [0.25, 0.3) is 11.8 Å². The summed E-state index contributed by atoms with van der Waals surface area (Å²) in [7, 11) is 0. The van der Waals surface area contributed by atoms with Crippen LogP contribution >= 0.6 is 12.2 Å². The van der Waals surface area contributed by atoms with E-state index in [2.05, 4.69) is 5.32 Å². The summed E-state index contributed by atoms with van der Waals surface area (Å²) >= 11 is 5.26. The molecule has 2 amide bonds. The average molecular weight is 461 g/mol. The van der Waals surface area contributed by atoms with Crippen molar-refractivity contribution in [2.45, 2.75) is 6.92 Å². The van der Waals surface area contributed by atoms with E-state index in [9.17, 15) is 19.5 Å². The molecule has 1 saturated heterocycles. The molecular formula is C24H19N3O5S. The van der Waals surface area contributed by atoms with Gasteiger partial charge < -0.3 is 14.4 Å². The Morgan fingerprint density at radius 2 is 1.85 bits per heavy atom. The number of ether oxygens (including phenoxy) is 1. The Morgan fingerprint density at radius 1 is 1.09 bits per heavy atom. The largest absolute Gasteiger partial charge is 0.494 e. The molecule has 0 radical (unpaired) electrons. The lowest BCUT2D eigenvalue weighted by molar-refractivity contribution is -0.122. The molecule has 166 valence electrons. The summed E-state index contributed by atoms with van der Waals surface area (Å²) in [6, 6.07) is 16.7. The van der Waals surface area contributed by atoms with E-state index in [-0.39, 0.29) is 16.2 Å². The first-order chi connectivity index (χ1) is 15.9. The maximum absolute atomic E-state index is 13.3. The molecule has 3 aromatic rings. The number of amides is 2. The van der Waals surface area contributed by atoms with Gasteiger partial charge in [-0.2, -0.15) is 0 Å². The SMILES string of the molecule is CCOc1cccc(N2C(=O)C(=Cc3cccn3-c3cccc(C(=O)O)c3)C(=O)NC2=S)c1. The molecule has 0 saturated carbocycles. The minimum absolute atomic E-state index is 0.0275. The predicted molar refractivity (Wildman–Crippen MR) is 127 cm³/mol. The monoisotopic (exact) mass is 461 g/mol. The topological polar surface area (TPSA) is 101 Å². The lowest BCUT2D eigenvalue weighted by Crippen LogP contribution is -2.54. The quantitative estimate of drug-likeness (QED) is 0.332. The Balaban J connectivity index is 1.73. The highest BCUT2D eigenvalue weighted by molar-refractivity contribution is 7.80. The van der Waals surface area contributed by atoms with Crippen LogP contribution in [0.1, 0.15) is 23.0 Å². The molecule has 8 nitrogen and oxygen atoms in total. The summed E-state index contributed by atoms with van der Waals surface area (Å²) in [6.07, 6.45) is 3.17. The van der Waals surface area contributed by atoms with Gasteiger partial charge in [-0.05, 0) is 67.7 Å². The highest BCUT2D eigenvalue weighted by Gasteiger charge is 2.34. The van der Waals surface area contributed by atoms with E-state index in [1.807, 2.05) is 6.92 Å². The Labute approximate surface area is 194 Å². The Hall–Kier alpha value is -4.24. The van der Waals surface area contributed by atoms with Gasteiger partial charge in [-0.3, -0.25) is 19.8 Å². The van der Waals surface area contributed by atoms with Gasteiger partial charge in [0.05, 0.1) is 17.9 Å². The third-order valence-corrected chi connectivity index (χ3v) is 5.22. The van der Waals surface area contributed by atoms with Gasteiger partial charge in [0.2, 0.25) is 0 Å². The van der Waals surface area contributed by atoms with Crippen LogP contribution in [0.25, 0.3) is 11.8 Å². The third-order valence-electron chi connectivity index (χ3n) is 4.93. The fourth-order valence-corrected chi connectivity index (χ4v) is 3.74. The van der Waals surface area contributed by atoms with Crippen LogP contribution in [0, 0.1) is 0 Å². The molecule has 33 heavy (non-hydrogen) atoms. The second-order valence-electron chi connectivity index (χ2n) is 7.05. The fraction of sp³-hybridized carbons (Fsp3) is 0.0833. The number of nitrogens with zero attached hydrogens (tertiary/aromatic N) is 2. The van der Waals surface area contributed by atoms with E-state index < -0.39 is 17.8 Å². The fourth-order valence-electron chi connectivity index (χ4n) is 3.45. The first-order valence-electron chi connectivity index (χ1n) is 10.0.